The molecule has 26 heavy (non-hydrogen) atoms. The summed E-state index contributed by atoms with van der Waals surface area (Å²) in [6.07, 6.45) is 1.41. The molecule has 0 spiro atoms. The van der Waals surface area contributed by atoms with Crippen LogP contribution in [0.2, 0.25) is 0 Å². The Hall–Kier alpha value is -2.32. The van der Waals surface area contributed by atoms with Gasteiger partial charge in [0.2, 0.25) is 5.91 Å². The van der Waals surface area contributed by atoms with E-state index in [0.29, 0.717) is 25.7 Å². The first kappa shape index (κ1) is 18.5. The van der Waals surface area contributed by atoms with Crippen molar-refractivity contribution in [1.29, 1.82) is 0 Å². The predicted octanol–water partition coefficient (Wildman–Crippen LogP) is 0.906. The fraction of sp³-hybridized carbons (Fsp3) is 0.444. The number of hydrogen-bond acceptors (Lipinski definition) is 5. The molecule has 0 unspecified atom stereocenters. The molecule has 2 aliphatic rings. The molecule has 2 amide bonds. The zero-order valence-electron chi connectivity index (χ0n) is 14.1. The number of carbonyl (C=O) groups is 3. The second-order valence-electron chi connectivity index (χ2n) is 6.43. The molecular weight excluding hydrogens is 356 g/mol. The van der Waals surface area contributed by atoms with E-state index in [1.807, 2.05) is 30.3 Å². The van der Waals surface area contributed by atoms with Crippen LogP contribution in [-0.4, -0.2) is 57.6 Å². The van der Waals surface area contributed by atoms with Gasteiger partial charge in [0.05, 0.1) is 11.5 Å². The van der Waals surface area contributed by atoms with Crippen molar-refractivity contribution in [2.75, 3.05) is 6.61 Å². The van der Waals surface area contributed by atoms with Crippen LogP contribution in [-0.2, 0) is 25.5 Å². The maximum absolute atomic E-state index is 12.8. The van der Waals surface area contributed by atoms with Crippen LogP contribution in [0.25, 0.3) is 0 Å². The standard InChI is InChI=1S/C18H20N2O5S/c21-16(14(26)9-11-5-2-1-3-6-11)19-12-7-4-8-15-20(17(12)22)13(10-25-15)18(23)24/h1-3,5-6,12-13,15H,4,7-10H2,(H,19,21)(H,23,24)/t12-,13-,15-/m1/s1. The van der Waals surface area contributed by atoms with Crippen molar-refractivity contribution in [3.05, 3.63) is 35.9 Å². The van der Waals surface area contributed by atoms with Gasteiger partial charge < -0.3 is 15.2 Å². The van der Waals surface area contributed by atoms with Gasteiger partial charge in [0.25, 0.3) is 5.91 Å². The van der Waals surface area contributed by atoms with Crippen LogP contribution in [0.4, 0.5) is 0 Å². The number of amides is 2. The lowest BCUT2D eigenvalue weighted by atomic mass is 10.1. The van der Waals surface area contributed by atoms with Crippen LogP contribution in [0.15, 0.2) is 30.3 Å². The summed E-state index contributed by atoms with van der Waals surface area (Å²) >= 11 is 5.20. The second-order valence-corrected chi connectivity index (χ2v) is 6.92. The van der Waals surface area contributed by atoms with Crippen LogP contribution in [0.5, 0.6) is 0 Å². The molecule has 138 valence electrons. The van der Waals surface area contributed by atoms with E-state index in [2.05, 4.69) is 5.32 Å². The Morgan fingerprint density at radius 1 is 1.27 bits per heavy atom. The molecule has 0 bridgehead atoms. The molecule has 3 atom stereocenters. The van der Waals surface area contributed by atoms with Crippen LogP contribution in [0.3, 0.4) is 0 Å². The number of nitrogens with one attached hydrogen (secondary N) is 1. The van der Waals surface area contributed by atoms with Gasteiger partial charge in [-0.2, -0.15) is 0 Å². The van der Waals surface area contributed by atoms with Gasteiger partial charge >= 0.3 is 5.97 Å². The van der Waals surface area contributed by atoms with Gasteiger partial charge in [-0.15, -0.1) is 0 Å². The fourth-order valence-corrected chi connectivity index (χ4v) is 3.53. The number of thiocarbonyl (C=S) groups is 1. The molecule has 2 N–H and O–H groups in total. The number of carboxylic acid groups (broad SMARTS) is 1. The third-order valence-corrected chi connectivity index (χ3v) is 4.97. The smallest absolute Gasteiger partial charge is 0.328 e. The Labute approximate surface area is 156 Å². The van der Waals surface area contributed by atoms with Gasteiger partial charge in [-0.05, 0) is 24.8 Å². The SMILES string of the molecule is O=C(N[C@@H]1CCC[C@H]2OC[C@H](C(=O)O)N2C1=O)C(=S)Cc1ccccc1. The lowest BCUT2D eigenvalue weighted by Crippen LogP contribution is -2.54. The van der Waals surface area contributed by atoms with Gasteiger partial charge in [-0.25, -0.2) is 4.79 Å². The predicted molar refractivity (Wildman–Crippen MR) is 96.5 cm³/mol. The van der Waals surface area contributed by atoms with E-state index in [1.54, 1.807) is 0 Å². The third kappa shape index (κ3) is 3.91. The van der Waals surface area contributed by atoms with E-state index in [4.69, 9.17) is 17.0 Å². The van der Waals surface area contributed by atoms with Crippen molar-refractivity contribution < 1.29 is 24.2 Å². The van der Waals surface area contributed by atoms with Crippen LogP contribution < -0.4 is 5.32 Å². The second kappa shape index (κ2) is 7.92. The lowest BCUT2D eigenvalue weighted by molar-refractivity contribution is -0.150. The van der Waals surface area contributed by atoms with Crippen LogP contribution in [0.1, 0.15) is 24.8 Å². The fourth-order valence-electron chi connectivity index (χ4n) is 3.31. The molecule has 2 fully saturated rings. The van der Waals surface area contributed by atoms with E-state index in [9.17, 15) is 19.5 Å². The highest BCUT2D eigenvalue weighted by Crippen LogP contribution is 2.27. The van der Waals surface area contributed by atoms with Crippen molar-refractivity contribution in [3.63, 3.8) is 0 Å². The summed E-state index contributed by atoms with van der Waals surface area (Å²) < 4.78 is 5.45. The number of nitrogens with zero attached hydrogens (tertiary/aromatic N) is 1. The van der Waals surface area contributed by atoms with Crippen molar-refractivity contribution in [2.24, 2.45) is 0 Å². The topological polar surface area (TPSA) is 95.9 Å². The highest BCUT2D eigenvalue weighted by molar-refractivity contribution is 7.82. The summed E-state index contributed by atoms with van der Waals surface area (Å²) in [5.74, 6) is -1.99. The minimum atomic E-state index is -1.10. The highest BCUT2D eigenvalue weighted by Gasteiger charge is 2.45. The average Bonchev–Trinajstić information content (AvgIpc) is 2.99. The van der Waals surface area contributed by atoms with Gasteiger partial charge in [-0.3, -0.25) is 14.5 Å². The van der Waals surface area contributed by atoms with E-state index in [1.165, 1.54) is 4.90 Å². The van der Waals surface area contributed by atoms with Crippen molar-refractivity contribution >= 4 is 34.9 Å². The largest absolute Gasteiger partial charge is 0.480 e. The van der Waals surface area contributed by atoms with Crippen molar-refractivity contribution in [2.45, 2.75) is 44.0 Å². The first-order valence-corrected chi connectivity index (χ1v) is 8.92. The van der Waals surface area contributed by atoms with Gasteiger partial charge in [0.15, 0.2) is 6.04 Å². The number of ether oxygens (including phenoxy) is 1. The number of aliphatic carboxylic acids is 1. The van der Waals surface area contributed by atoms with Gasteiger partial charge in [0, 0.05) is 6.42 Å². The van der Waals surface area contributed by atoms with E-state index in [0.717, 1.165) is 5.56 Å². The van der Waals surface area contributed by atoms with E-state index >= 15 is 0 Å². The summed E-state index contributed by atoms with van der Waals surface area (Å²) in [7, 11) is 0. The number of fused-ring (bicyclic) bond motifs is 1. The van der Waals surface area contributed by atoms with Gasteiger partial charge in [-0.1, -0.05) is 42.5 Å². The number of carboxylic acids is 1. The van der Waals surface area contributed by atoms with E-state index < -0.39 is 36.1 Å². The monoisotopic (exact) mass is 376 g/mol. The van der Waals surface area contributed by atoms with Crippen molar-refractivity contribution in [1.82, 2.24) is 10.2 Å². The number of hydrogen-bond donors (Lipinski definition) is 2. The molecule has 2 saturated heterocycles. The maximum Gasteiger partial charge on any atom is 0.328 e. The molecule has 2 heterocycles. The number of rotatable bonds is 5. The number of carbonyl (C=O) groups excluding carboxylic acids is 2. The quantitative estimate of drug-likeness (QED) is 0.742. The zero-order chi connectivity index (χ0) is 18.7. The Morgan fingerprint density at radius 3 is 2.69 bits per heavy atom. The normalized spacial score (nSPS) is 25.3. The zero-order valence-corrected chi connectivity index (χ0v) is 14.9. The maximum atomic E-state index is 12.8. The molecule has 0 aliphatic carbocycles. The lowest BCUT2D eigenvalue weighted by Gasteiger charge is -2.27. The summed E-state index contributed by atoms with van der Waals surface area (Å²) in [5, 5.41) is 12.0. The first-order valence-electron chi connectivity index (χ1n) is 8.51. The van der Waals surface area contributed by atoms with Crippen LogP contribution >= 0.6 is 12.2 Å². The van der Waals surface area contributed by atoms with Crippen LogP contribution in [0, 0.1) is 0 Å². The van der Waals surface area contributed by atoms with Gasteiger partial charge in [0.1, 0.15) is 12.3 Å². The molecule has 8 heteroatoms. The molecule has 7 nitrogen and oxygen atoms in total. The van der Waals surface area contributed by atoms with E-state index in [-0.39, 0.29) is 11.5 Å². The van der Waals surface area contributed by atoms with Crippen molar-refractivity contribution in [3.8, 4) is 0 Å². The molecule has 1 aromatic rings. The minimum Gasteiger partial charge on any atom is -0.480 e. The molecule has 0 saturated carbocycles. The molecule has 2 aliphatic heterocycles. The Kier molecular flexibility index (Phi) is 5.63. The molecule has 0 aromatic heterocycles. The summed E-state index contributed by atoms with van der Waals surface area (Å²) in [6, 6.07) is 7.56. The molecule has 3 rings (SSSR count). The highest BCUT2D eigenvalue weighted by atomic mass is 32.1. The Balaban J connectivity index is 1.66. The Morgan fingerprint density at radius 2 is 2.00 bits per heavy atom. The number of benzene rings is 1. The molecular formula is C18H20N2O5S. The summed E-state index contributed by atoms with van der Waals surface area (Å²) in [6.45, 7) is -0.0289. The summed E-state index contributed by atoms with van der Waals surface area (Å²) in [4.78, 5) is 38.0. The Bertz CT molecular complexity index is 724. The first-order chi connectivity index (χ1) is 12.5. The minimum absolute atomic E-state index is 0.0289. The summed E-state index contributed by atoms with van der Waals surface area (Å²) in [5.41, 5.74) is 0.916. The third-order valence-electron chi connectivity index (χ3n) is 4.64. The molecule has 1 aromatic carbocycles. The average molecular weight is 376 g/mol. The molecule has 0 radical (unpaired) electrons.